The van der Waals surface area contributed by atoms with Crippen LogP contribution in [-0.4, -0.2) is 9.97 Å². The lowest BCUT2D eigenvalue weighted by molar-refractivity contribution is 1.17. The second-order valence-electron chi connectivity index (χ2n) is 2.60. The number of hydrogen-bond acceptors (Lipinski definition) is 2. The quantitative estimate of drug-likeness (QED) is 0.752. The molecule has 0 bridgehead atoms. The van der Waals surface area contributed by atoms with E-state index in [0.717, 1.165) is 11.3 Å². The summed E-state index contributed by atoms with van der Waals surface area (Å²) in [6, 6.07) is 10.2. The maximum Gasteiger partial charge on any atom is 0.116 e. The largest absolute Gasteiger partial charge is 0.245 e. The van der Waals surface area contributed by atoms with Gasteiger partial charge < -0.3 is 0 Å². The van der Waals surface area contributed by atoms with Crippen molar-refractivity contribution in [2.24, 2.45) is 0 Å². The molecule has 3 heteroatoms. The summed E-state index contributed by atoms with van der Waals surface area (Å²) in [5, 5.41) is 0. The monoisotopic (exact) mass is 282 g/mol. The van der Waals surface area contributed by atoms with E-state index in [2.05, 4.69) is 56.8 Å². The molecule has 0 aliphatic heterocycles. The molecule has 1 aromatic heterocycles. The smallest absolute Gasteiger partial charge is 0.116 e. The Hall–Kier alpha value is -0.970. The molecule has 64 valence electrons. The van der Waals surface area contributed by atoms with Crippen molar-refractivity contribution in [2.45, 2.75) is 0 Å². The summed E-state index contributed by atoms with van der Waals surface area (Å²) < 4.78 is 1.23. The van der Waals surface area contributed by atoms with Crippen molar-refractivity contribution in [2.75, 3.05) is 0 Å². The van der Waals surface area contributed by atoms with Gasteiger partial charge in [0.2, 0.25) is 0 Å². The third kappa shape index (κ3) is 2.03. The molecule has 1 aromatic carbocycles. The first-order valence-electron chi connectivity index (χ1n) is 3.88. The Morgan fingerprint density at radius 3 is 2.38 bits per heavy atom. The molecule has 0 aliphatic carbocycles. The third-order valence-electron chi connectivity index (χ3n) is 1.72. The lowest BCUT2D eigenvalue weighted by Crippen LogP contribution is -1.83. The van der Waals surface area contributed by atoms with E-state index in [4.69, 9.17) is 0 Å². The molecule has 0 fully saturated rings. The van der Waals surface area contributed by atoms with E-state index in [1.807, 2.05) is 6.07 Å². The van der Waals surface area contributed by atoms with Crippen LogP contribution in [0, 0.1) is 3.57 Å². The molecule has 2 aromatic rings. The molecule has 0 saturated carbocycles. The first kappa shape index (κ1) is 8.62. The fourth-order valence-electron chi connectivity index (χ4n) is 1.08. The van der Waals surface area contributed by atoms with Gasteiger partial charge in [0.15, 0.2) is 0 Å². The van der Waals surface area contributed by atoms with Gasteiger partial charge in [-0.3, -0.25) is 0 Å². The highest BCUT2D eigenvalue weighted by molar-refractivity contribution is 14.1. The van der Waals surface area contributed by atoms with Crippen LogP contribution in [0.15, 0.2) is 42.9 Å². The number of hydrogen-bond donors (Lipinski definition) is 0. The SMILES string of the molecule is Ic1ccc(-c2ccncn2)cc1. The van der Waals surface area contributed by atoms with Crippen molar-refractivity contribution in [3.63, 3.8) is 0 Å². The van der Waals surface area contributed by atoms with Crippen molar-refractivity contribution in [1.29, 1.82) is 0 Å². The van der Waals surface area contributed by atoms with Crippen LogP contribution < -0.4 is 0 Å². The van der Waals surface area contributed by atoms with Crippen LogP contribution in [0.3, 0.4) is 0 Å². The lowest BCUT2D eigenvalue weighted by Gasteiger charge is -1.98. The molecule has 0 saturated heterocycles. The van der Waals surface area contributed by atoms with E-state index in [1.165, 1.54) is 3.57 Å². The highest BCUT2D eigenvalue weighted by Gasteiger charge is 1.96. The molecule has 1 heterocycles. The van der Waals surface area contributed by atoms with E-state index in [1.54, 1.807) is 12.5 Å². The predicted molar refractivity (Wildman–Crippen MR) is 60.2 cm³/mol. The number of nitrogens with zero attached hydrogens (tertiary/aromatic N) is 2. The fraction of sp³-hybridized carbons (Fsp3) is 0. The van der Waals surface area contributed by atoms with Gasteiger partial charge in [0.1, 0.15) is 6.33 Å². The van der Waals surface area contributed by atoms with Gasteiger partial charge in [-0.15, -0.1) is 0 Å². The molecule has 0 N–H and O–H groups in total. The Kier molecular flexibility index (Phi) is 2.54. The van der Waals surface area contributed by atoms with E-state index in [9.17, 15) is 0 Å². The Morgan fingerprint density at radius 1 is 1.00 bits per heavy atom. The van der Waals surface area contributed by atoms with Gasteiger partial charge in [-0.05, 0) is 40.8 Å². The average molecular weight is 282 g/mol. The predicted octanol–water partition coefficient (Wildman–Crippen LogP) is 2.75. The molecule has 0 amide bonds. The first-order valence-corrected chi connectivity index (χ1v) is 4.96. The van der Waals surface area contributed by atoms with Crippen LogP contribution in [0.2, 0.25) is 0 Å². The standard InChI is InChI=1S/C10H7IN2/c11-9-3-1-8(2-4-9)10-5-6-12-7-13-10/h1-7H. The molecule has 0 spiro atoms. The topological polar surface area (TPSA) is 25.8 Å². The number of aromatic nitrogens is 2. The summed E-state index contributed by atoms with van der Waals surface area (Å²) in [7, 11) is 0. The fourth-order valence-corrected chi connectivity index (χ4v) is 1.44. The summed E-state index contributed by atoms with van der Waals surface area (Å²) in [6.07, 6.45) is 3.31. The maximum atomic E-state index is 4.17. The van der Waals surface area contributed by atoms with Crippen molar-refractivity contribution in [3.8, 4) is 11.3 Å². The van der Waals surface area contributed by atoms with E-state index < -0.39 is 0 Å². The minimum absolute atomic E-state index is 0.964. The van der Waals surface area contributed by atoms with Gasteiger partial charge in [-0.25, -0.2) is 9.97 Å². The molecule has 0 atom stereocenters. The van der Waals surface area contributed by atoms with E-state index in [-0.39, 0.29) is 0 Å². The zero-order valence-electron chi connectivity index (χ0n) is 6.81. The van der Waals surface area contributed by atoms with Crippen LogP contribution >= 0.6 is 22.6 Å². The Labute approximate surface area is 90.2 Å². The zero-order chi connectivity index (χ0) is 9.10. The van der Waals surface area contributed by atoms with Crippen molar-refractivity contribution in [1.82, 2.24) is 9.97 Å². The minimum atomic E-state index is 0.964. The van der Waals surface area contributed by atoms with Crippen LogP contribution in [0.1, 0.15) is 0 Å². The molecule has 0 aliphatic rings. The van der Waals surface area contributed by atoms with Crippen molar-refractivity contribution < 1.29 is 0 Å². The minimum Gasteiger partial charge on any atom is -0.245 e. The normalized spacial score (nSPS) is 9.92. The van der Waals surface area contributed by atoms with Gasteiger partial charge in [0.05, 0.1) is 5.69 Å². The van der Waals surface area contributed by atoms with E-state index in [0.29, 0.717) is 0 Å². The molecule has 2 nitrogen and oxygen atoms in total. The van der Waals surface area contributed by atoms with Crippen LogP contribution in [0.5, 0.6) is 0 Å². The molecular weight excluding hydrogens is 275 g/mol. The highest BCUT2D eigenvalue weighted by Crippen LogP contribution is 2.16. The van der Waals surface area contributed by atoms with Gasteiger partial charge in [-0.2, -0.15) is 0 Å². The number of benzene rings is 1. The molecule has 13 heavy (non-hydrogen) atoms. The maximum absolute atomic E-state index is 4.17. The highest BCUT2D eigenvalue weighted by atomic mass is 127. The first-order chi connectivity index (χ1) is 6.36. The molecular formula is C10H7IN2. The summed E-state index contributed by atoms with van der Waals surface area (Å²) in [5.41, 5.74) is 2.09. The summed E-state index contributed by atoms with van der Waals surface area (Å²) in [4.78, 5) is 8.04. The third-order valence-corrected chi connectivity index (χ3v) is 2.44. The number of rotatable bonds is 1. The summed E-state index contributed by atoms with van der Waals surface area (Å²) in [5.74, 6) is 0. The Bertz CT molecular complexity index is 383. The van der Waals surface area contributed by atoms with Crippen molar-refractivity contribution >= 4 is 22.6 Å². The van der Waals surface area contributed by atoms with E-state index >= 15 is 0 Å². The Morgan fingerprint density at radius 2 is 1.77 bits per heavy atom. The summed E-state index contributed by atoms with van der Waals surface area (Å²) in [6.45, 7) is 0. The van der Waals surface area contributed by atoms with Crippen LogP contribution in [-0.2, 0) is 0 Å². The molecule has 0 unspecified atom stereocenters. The van der Waals surface area contributed by atoms with Crippen LogP contribution in [0.25, 0.3) is 11.3 Å². The van der Waals surface area contributed by atoms with Crippen molar-refractivity contribution in [3.05, 3.63) is 46.4 Å². The molecule has 0 radical (unpaired) electrons. The lowest BCUT2D eigenvalue weighted by atomic mass is 10.1. The second-order valence-corrected chi connectivity index (χ2v) is 3.85. The van der Waals surface area contributed by atoms with Gasteiger partial charge in [0.25, 0.3) is 0 Å². The number of halogens is 1. The van der Waals surface area contributed by atoms with Gasteiger partial charge >= 0.3 is 0 Å². The Balaban J connectivity index is 2.42. The summed E-state index contributed by atoms with van der Waals surface area (Å²) >= 11 is 2.28. The average Bonchev–Trinajstić information content (AvgIpc) is 2.20. The van der Waals surface area contributed by atoms with Crippen LogP contribution in [0.4, 0.5) is 0 Å². The second kappa shape index (κ2) is 3.83. The zero-order valence-corrected chi connectivity index (χ0v) is 8.97. The molecule has 2 rings (SSSR count). The van der Waals surface area contributed by atoms with Gasteiger partial charge in [-0.1, -0.05) is 12.1 Å². The van der Waals surface area contributed by atoms with Gasteiger partial charge in [0, 0.05) is 15.3 Å².